The minimum Gasteiger partial charge on any atom is -0.381 e. The highest BCUT2D eigenvalue weighted by atomic mass is 16.5. The molecule has 5 nitrogen and oxygen atoms in total. The second-order valence-corrected chi connectivity index (χ2v) is 4.63. The lowest BCUT2D eigenvalue weighted by atomic mass is 10.1. The van der Waals surface area contributed by atoms with Crippen molar-refractivity contribution in [3.05, 3.63) is 12.2 Å². The highest BCUT2D eigenvalue weighted by Crippen LogP contribution is 2.27. The number of ether oxygens (including phenoxy) is 1. The van der Waals surface area contributed by atoms with Gasteiger partial charge in [-0.2, -0.15) is 0 Å². The monoisotopic (exact) mass is 222 g/mol. The molecule has 88 valence electrons. The number of nitrogens with one attached hydrogen (secondary N) is 1. The lowest BCUT2D eigenvalue weighted by Crippen LogP contribution is -2.22. The first-order valence-corrected chi connectivity index (χ1v) is 6.13. The number of hydrogen-bond acceptors (Lipinski definition) is 4. The smallest absolute Gasteiger partial charge is 0.137 e. The Hall–Kier alpha value is -0.940. The predicted molar refractivity (Wildman–Crippen MR) is 59.3 cm³/mol. The van der Waals surface area contributed by atoms with Crippen LogP contribution in [0.2, 0.25) is 0 Å². The van der Waals surface area contributed by atoms with Gasteiger partial charge >= 0.3 is 0 Å². The van der Waals surface area contributed by atoms with Crippen LogP contribution in [0.5, 0.6) is 0 Å². The molecular formula is C11H18N4O. The van der Waals surface area contributed by atoms with Gasteiger partial charge in [0.15, 0.2) is 0 Å². The molecule has 2 aliphatic rings. The van der Waals surface area contributed by atoms with Gasteiger partial charge in [-0.15, -0.1) is 10.2 Å². The van der Waals surface area contributed by atoms with Gasteiger partial charge in [-0.25, -0.2) is 0 Å². The fourth-order valence-electron chi connectivity index (χ4n) is 2.66. The maximum Gasteiger partial charge on any atom is 0.137 e. The first-order chi connectivity index (χ1) is 7.95. The van der Waals surface area contributed by atoms with Gasteiger partial charge in [-0.3, -0.25) is 0 Å². The van der Waals surface area contributed by atoms with Crippen LogP contribution in [0.3, 0.4) is 0 Å². The average molecular weight is 222 g/mol. The molecule has 1 N–H and O–H groups in total. The summed E-state index contributed by atoms with van der Waals surface area (Å²) < 4.78 is 7.67. The second-order valence-electron chi connectivity index (χ2n) is 4.63. The fraction of sp³-hybridized carbons (Fsp3) is 0.818. The minimum absolute atomic E-state index is 0.541. The number of rotatable bonds is 2. The minimum atomic E-state index is 0.541. The Morgan fingerprint density at radius 3 is 2.94 bits per heavy atom. The Morgan fingerprint density at radius 1 is 1.31 bits per heavy atom. The summed E-state index contributed by atoms with van der Waals surface area (Å²) in [6.45, 7) is 3.88. The Balaban J connectivity index is 1.80. The van der Waals surface area contributed by atoms with Gasteiger partial charge in [0, 0.05) is 31.7 Å². The van der Waals surface area contributed by atoms with Crippen LogP contribution in [-0.2, 0) is 4.74 Å². The van der Waals surface area contributed by atoms with Crippen LogP contribution in [0.4, 0.5) is 0 Å². The second kappa shape index (κ2) is 4.51. The van der Waals surface area contributed by atoms with Crippen molar-refractivity contribution in [1.29, 1.82) is 0 Å². The molecule has 2 saturated heterocycles. The highest BCUT2D eigenvalue weighted by Gasteiger charge is 2.25. The van der Waals surface area contributed by atoms with Crippen LogP contribution in [0.1, 0.15) is 37.0 Å². The van der Waals surface area contributed by atoms with Gasteiger partial charge in [0.1, 0.15) is 12.2 Å². The Bertz CT molecular complexity index is 340. The van der Waals surface area contributed by atoms with Crippen molar-refractivity contribution in [2.45, 2.75) is 31.2 Å². The summed E-state index contributed by atoms with van der Waals surface area (Å²) in [4.78, 5) is 0. The van der Waals surface area contributed by atoms with Crippen molar-refractivity contribution in [2.75, 3.05) is 26.3 Å². The molecule has 0 aliphatic carbocycles. The van der Waals surface area contributed by atoms with Crippen LogP contribution >= 0.6 is 0 Å². The molecule has 0 aromatic carbocycles. The number of aromatic nitrogens is 3. The molecule has 2 fully saturated rings. The van der Waals surface area contributed by atoms with Crippen molar-refractivity contribution in [3.8, 4) is 0 Å². The van der Waals surface area contributed by atoms with Crippen molar-refractivity contribution in [3.63, 3.8) is 0 Å². The van der Waals surface area contributed by atoms with E-state index in [4.69, 9.17) is 4.74 Å². The molecular weight excluding hydrogens is 204 g/mol. The molecule has 1 aromatic heterocycles. The molecule has 0 saturated carbocycles. The van der Waals surface area contributed by atoms with E-state index in [9.17, 15) is 0 Å². The van der Waals surface area contributed by atoms with Crippen LogP contribution in [0.25, 0.3) is 0 Å². The molecule has 0 amide bonds. The summed E-state index contributed by atoms with van der Waals surface area (Å²) in [5.41, 5.74) is 0. The predicted octanol–water partition coefficient (Wildman–Crippen LogP) is 0.706. The molecule has 1 atom stereocenters. The summed E-state index contributed by atoms with van der Waals surface area (Å²) in [5, 5.41) is 11.8. The van der Waals surface area contributed by atoms with Crippen LogP contribution in [-0.4, -0.2) is 41.1 Å². The molecule has 16 heavy (non-hydrogen) atoms. The molecule has 1 unspecified atom stereocenters. The van der Waals surface area contributed by atoms with E-state index in [2.05, 4.69) is 20.1 Å². The Labute approximate surface area is 95.2 Å². The van der Waals surface area contributed by atoms with Crippen molar-refractivity contribution >= 4 is 0 Å². The zero-order chi connectivity index (χ0) is 10.8. The molecule has 0 spiro atoms. The van der Waals surface area contributed by atoms with Gasteiger partial charge in [-0.1, -0.05) is 0 Å². The summed E-state index contributed by atoms with van der Waals surface area (Å²) >= 11 is 0. The van der Waals surface area contributed by atoms with E-state index in [0.717, 1.165) is 45.0 Å². The van der Waals surface area contributed by atoms with Crippen LogP contribution in [0, 0.1) is 0 Å². The SMILES string of the molecule is c1nnc(C2CCNC2)n1C1CCOCC1. The first kappa shape index (κ1) is 10.2. The molecule has 0 bridgehead atoms. The van der Waals surface area contributed by atoms with Crippen molar-refractivity contribution in [2.24, 2.45) is 0 Å². The van der Waals surface area contributed by atoms with E-state index in [-0.39, 0.29) is 0 Å². The van der Waals surface area contributed by atoms with Crippen molar-refractivity contribution < 1.29 is 4.74 Å². The number of nitrogens with zero attached hydrogens (tertiary/aromatic N) is 3. The molecule has 0 radical (unpaired) electrons. The van der Waals surface area contributed by atoms with Crippen molar-refractivity contribution in [1.82, 2.24) is 20.1 Å². The summed E-state index contributed by atoms with van der Waals surface area (Å²) in [6, 6.07) is 0.541. The van der Waals surface area contributed by atoms with E-state index < -0.39 is 0 Å². The molecule has 3 rings (SSSR count). The quantitative estimate of drug-likeness (QED) is 0.800. The molecule has 2 aliphatic heterocycles. The Morgan fingerprint density at radius 2 is 2.19 bits per heavy atom. The van der Waals surface area contributed by atoms with E-state index in [1.54, 1.807) is 0 Å². The largest absolute Gasteiger partial charge is 0.381 e. The molecule has 3 heterocycles. The Kier molecular flexibility index (Phi) is 2.88. The number of hydrogen-bond donors (Lipinski definition) is 1. The van der Waals surface area contributed by atoms with Gasteiger partial charge in [0.2, 0.25) is 0 Å². The zero-order valence-electron chi connectivity index (χ0n) is 9.43. The van der Waals surface area contributed by atoms with Gasteiger partial charge in [0.05, 0.1) is 0 Å². The summed E-state index contributed by atoms with van der Waals surface area (Å²) in [7, 11) is 0. The van der Waals surface area contributed by atoms with Gasteiger partial charge < -0.3 is 14.6 Å². The lowest BCUT2D eigenvalue weighted by Gasteiger charge is -2.25. The highest BCUT2D eigenvalue weighted by molar-refractivity contribution is 5.02. The fourth-order valence-corrected chi connectivity index (χ4v) is 2.66. The lowest BCUT2D eigenvalue weighted by molar-refractivity contribution is 0.0685. The van der Waals surface area contributed by atoms with Crippen LogP contribution in [0.15, 0.2) is 6.33 Å². The van der Waals surface area contributed by atoms with Gasteiger partial charge in [0.25, 0.3) is 0 Å². The normalized spacial score (nSPS) is 27.4. The third kappa shape index (κ3) is 1.85. The first-order valence-electron chi connectivity index (χ1n) is 6.13. The van der Waals surface area contributed by atoms with E-state index in [0.29, 0.717) is 12.0 Å². The average Bonchev–Trinajstić information content (AvgIpc) is 3.01. The van der Waals surface area contributed by atoms with Gasteiger partial charge in [-0.05, 0) is 25.8 Å². The topological polar surface area (TPSA) is 52.0 Å². The zero-order valence-corrected chi connectivity index (χ0v) is 9.43. The van der Waals surface area contributed by atoms with E-state index in [1.807, 2.05) is 6.33 Å². The third-order valence-electron chi connectivity index (χ3n) is 3.61. The standard InChI is InChI=1S/C11H18N4O/c1-4-12-7-9(1)11-14-13-8-15(11)10-2-5-16-6-3-10/h8-10,12H,1-7H2. The maximum atomic E-state index is 5.40. The van der Waals surface area contributed by atoms with E-state index in [1.165, 1.54) is 6.42 Å². The third-order valence-corrected chi connectivity index (χ3v) is 3.61. The maximum absolute atomic E-state index is 5.40. The molecule has 1 aromatic rings. The van der Waals surface area contributed by atoms with E-state index >= 15 is 0 Å². The molecule has 5 heteroatoms. The summed E-state index contributed by atoms with van der Waals surface area (Å²) in [6.07, 6.45) is 5.25. The van der Waals surface area contributed by atoms with Crippen LogP contribution < -0.4 is 5.32 Å². The summed E-state index contributed by atoms with van der Waals surface area (Å²) in [5.74, 6) is 1.71.